The van der Waals surface area contributed by atoms with Crippen LogP contribution in [0.4, 0.5) is 0 Å². The number of rotatable bonds is 7. The molecule has 0 saturated heterocycles. The molecule has 6 heteroatoms. The van der Waals surface area contributed by atoms with E-state index in [0.717, 1.165) is 11.1 Å². The first-order valence-corrected chi connectivity index (χ1v) is 11.4. The van der Waals surface area contributed by atoms with Gasteiger partial charge in [0.05, 0.1) is 17.2 Å². The Balaban J connectivity index is 1.89. The summed E-state index contributed by atoms with van der Waals surface area (Å²) in [5, 5.41) is 0. The average Bonchev–Trinajstić information content (AvgIpc) is 2.82. The van der Waals surface area contributed by atoms with Crippen LogP contribution < -0.4 is 10.5 Å². The van der Waals surface area contributed by atoms with E-state index < -0.39 is 23.4 Å². The number of carbonyl (C=O) groups excluding carboxylic acids is 3. The Labute approximate surface area is 206 Å². The van der Waals surface area contributed by atoms with Gasteiger partial charge in [-0.25, -0.2) is 9.59 Å². The fraction of sp³-hybridized carbons (Fsp3) is 0.276. The van der Waals surface area contributed by atoms with Crippen LogP contribution in [0.3, 0.4) is 0 Å². The van der Waals surface area contributed by atoms with Gasteiger partial charge in [0.15, 0.2) is 5.78 Å². The van der Waals surface area contributed by atoms with Gasteiger partial charge in [-0.3, -0.25) is 4.79 Å². The van der Waals surface area contributed by atoms with Crippen molar-refractivity contribution in [3.63, 3.8) is 0 Å². The molecule has 2 N–H and O–H groups in total. The Morgan fingerprint density at radius 3 is 2.09 bits per heavy atom. The van der Waals surface area contributed by atoms with E-state index in [2.05, 4.69) is 0 Å². The highest BCUT2D eigenvalue weighted by molar-refractivity contribution is 6.01. The molecule has 6 nitrogen and oxygen atoms in total. The number of esters is 2. The molecule has 0 aliphatic rings. The molecule has 3 aromatic rings. The summed E-state index contributed by atoms with van der Waals surface area (Å²) >= 11 is 0. The van der Waals surface area contributed by atoms with E-state index in [4.69, 9.17) is 15.2 Å². The maximum absolute atomic E-state index is 13.0. The summed E-state index contributed by atoms with van der Waals surface area (Å²) in [6.07, 6.45) is 0. The highest BCUT2D eigenvalue weighted by atomic mass is 16.5. The molecule has 1 unspecified atom stereocenters. The minimum Gasteiger partial charge on any atom is -0.457 e. The monoisotopic (exact) mass is 473 g/mol. The van der Waals surface area contributed by atoms with Gasteiger partial charge in [-0.15, -0.1) is 0 Å². The number of nitrogens with two attached hydrogens (primary N) is 1. The zero-order chi connectivity index (χ0) is 25.8. The number of Topliss-reactive ketones (excluding diaryl/α,β-unsaturated/α-hetero) is 1. The summed E-state index contributed by atoms with van der Waals surface area (Å²) in [6.45, 7) is 9.28. The molecule has 0 heterocycles. The van der Waals surface area contributed by atoms with Gasteiger partial charge in [-0.05, 0) is 61.7 Å². The number of ether oxygens (including phenoxy) is 2. The summed E-state index contributed by atoms with van der Waals surface area (Å²) in [5.74, 6) is -1.12. The van der Waals surface area contributed by atoms with Gasteiger partial charge >= 0.3 is 11.9 Å². The molecule has 0 saturated carbocycles. The van der Waals surface area contributed by atoms with E-state index in [1.807, 2.05) is 52.8 Å². The van der Waals surface area contributed by atoms with Crippen molar-refractivity contribution in [2.75, 3.05) is 0 Å². The lowest BCUT2D eigenvalue weighted by atomic mass is 9.82. The molecule has 3 rings (SSSR count). The predicted octanol–water partition coefficient (Wildman–Crippen LogP) is 5.44. The Morgan fingerprint density at radius 1 is 0.800 bits per heavy atom. The Bertz CT molecular complexity index is 1240. The van der Waals surface area contributed by atoms with E-state index in [1.165, 1.54) is 6.07 Å². The Morgan fingerprint density at radius 2 is 1.46 bits per heavy atom. The van der Waals surface area contributed by atoms with Crippen LogP contribution in [0.1, 0.15) is 68.5 Å². The molecule has 0 radical (unpaired) electrons. The van der Waals surface area contributed by atoms with Gasteiger partial charge in [0, 0.05) is 11.1 Å². The number of ketones is 1. The summed E-state index contributed by atoms with van der Waals surface area (Å²) in [5.41, 5.74) is 9.21. The Kier molecular flexibility index (Phi) is 7.87. The quantitative estimate of drug-likeness (QED) is 0.279. The molecular weight excluding hydrogens is 442 g/mol. The number of carbonyl (C=O) groups is 3. The summed E-state index contributed by atoms with van der Waals surface area (Å²) in [6, 6.07) is 18.0. The molecule has 0 aromatic heterocycles. The Hall–Kier alpha value is -3.77. The van der Waals surface area contributed by atoms with Crippen molar-refractivity contribution >= 4 is 17.7 Å². The first kappa shape index (κ1) is 25.8. The molecule has 1 atom stereocenters. The van der Waals surface area contributed by atoms with E-state index in [1.54, 1.807) is 42.5 Å². The van der Waals surface area contributed by atoms with Crippen LogP contribution in [-0.4, -0.2) is 23.8 Å². The van der Waals surface area contributed by atoms with E-state index in [0.29, 0.717) is 22.3 Å². The maximum atomic E-state index is 13.0. The minimum atomic E-state index is -0.730. The molecule has 0 fully saturated rings. The standard InChI is InChI=1S/C29H31NO5/c1-18-9-11-20(12-10-18)27(32)34-17-23-16-21(25(31)26(30)29(3,4)5)13-14-24(23)35-28(33)22-8-6-7-19(2)15-22/h6-16,26H,17,30H2,1-5H3. The van der Waals surface area contributed by atoms with Crippen molar-refractivity contribution in [1.29, 1.82) is 0 Å². The second-order valence-corrected chi connectivity index (χ2v) is 9.73. The van der Waals surface area contributed by atoms with Crippen molar-refractivity contribution in [3.05, 3.63) is 100 Å². The molecular formula is C29H31NO5. The van der Waals surface area contributed by atoms with Gasteiger partial charge in [0.2, 0.25) is 0 Å². The van der Waals surface area contributed by atoms with Crippen molar-refractivity contribution in [3.8, 4) is 5.75 Å². The first-order valence-electron chi connectivity index (χ1n) is 11.4. The topological polar surface area (TPSA) is 95.7 Å². The second kappa shape index (κ2) is 10.7. The van der Waals surface area contributed by atoms with Gasteiger partial charge in [0.1, 0.15) is 12.4 Å². The average molecular weight is 474 g/mol. The van der Waals surface area contributed by atoms with E-state index in [-0.39, 0.29) is 18.1 Å². The van der Waals surface area contributed by atoms with Crippen LogP contribution in [0, 0.1) is 19.3 Å². The minimum absolute atomic E-state index is 0.185. The second-order valence-electron chi connectivity index (χ2n) is 9.73. The smallest absolute Gasteiger partial charge is 0.343 e. The third kappa shape index (κ3) is 6.64. The van der Waals surface area contributed by atoms with Crippen LogP contribution in [-0.2, 0) is 11.3 Å². The highest BCUT2D eigenvalue weighted by Gasteiger charge is 2.29. The molecule has 0 bridgehead atoms. The van der Waals surface area contributed by atoms with Crippen LogP contribution in [0.15, 0.2) is 66.7 Å². The van der Waals surface area contributed by atoms with Gasteiger partial charge in [-0.1, -0.05) is 56.2 Å². The molecule has 3 aromatic carbocycles. The lowest BCUT2D eigenvalue weighted by Gasteiger charge is -2.26. The first-order chi connectivity index (χ1) is 16.5. The number of hydrogen-bond acceptors (Lipinski definition) is 6. The summed E-state index contributed by atoms with van der Waals surface area (Å²) < 4.78 is 11.1. The largest absolute Gasteiger partial charge is 0.457 e. The molecule has 182 valence electrons. The molecule has 0 aliphatic heterocycles. The fourth-order valence-electron chi connectivity index (χ4n) is 3.37. The fourth-order valence-corrected chi connectivity index (χ4v) is 3.37. The van der Waals surface area contributed by atoms with Crippen LogP contribution in [0.2, 0.25) is 0 Å². The van der Waals surface area contributed by atoms with Gasteiger partial charge in [0.25, 0.3) is 0 Å². The lowest BCUT2D eigenvalue weighted by Crippen LogP contribution is -2.42. The summed E-state index contributed by atoms with van der Waals surface area (Å²) in [7, 11) is 0. The zero-order valence-corrected chi connectivity index (χ0v) is 20.8. The number of hydrogen-bond donors (Lipinski definition) is 1. The molecule has 35 heavy (non-hydrogen) atoms. The predicted molar refractivity (Wildman–Crippen MR) is 135 cm³/mol. The third-order valence-electron chi connectivity index (χ3n) is 5.66. The summed E-state index contributed by atoms with van der Waals surface area (Å²) in [4.78, 5) is 38.3. The lowest BCUT2D eigenvalue weighted by molar-refractivity contribution is 0.0469. The van der Waals surface area contributed by atoms with Gasteiger partial charge < -0.3 is 15.2 Å². The molecule has 0 amide bonds. The van der Waals surface area contributed by atoms with Crippen molar-refractivity contribution in [2.45, 2.75) is 47.3 Å². The molecule has 0 spiro atoms. The van der Waals surface area contributed by atoms with Crippen molar-refractivity contribution in [1.82, 2.24) is 0 Å². The zero-order valence-electron chi connectivity index (χ0n) is 20.8. The third-order valence-corrected chi connectivity index (χ3v) is 5.66. The van der Waals surface area contributed by atoms with E-state index in [9.17, 15) is 14.4 Å². The number of aryl methyl sites for hydroxylation is 2. The van der Waals surface area contributed by atoms with Crippen LogP contribution in [0.25, 0.3) is 0 Å². The SMILES string of the molecule is Cc1ccc(C(=O)OCc2cc(C(=O)C(N)C(C)(C)C)ccc2OC(=O)c2cccc(C)c2)cc1. The van der Waals surface area contributed by atoms with Crippen LogP contribution in [0.5, 0.6) is 5.75 Å². The van der Waals surface area contributed by atoms with Crippen molar-refractivity contribution in [2.24, 2.45) is 11.1 Å². The van der Waals surface area contributed by atoms with Crippen LogP contribution >= 0.6 is 0 Å². The van der Waals surface area contributed by atoms with Crippen molar-refractivity contribution < 1.29 is 23.9 Å². The van der Waals surface area contributed by atoms with Gasteiger partial charge in [-0.2, -0.15) is 0 Å². The maximum Gasteiger partial charge on any atom is 0.343 e. The number of benzene rings is 3. The van der Waals surface area contributed by atoms with E-state index >= 15 is 0 Å². The normalized spacial score (nSPS) is 12.1. The molecule has 0 aliphatic carbocycles. The highest BCUT2D eigenvalue weighted by Crippen LogP contribution is 2.26.